The van der Waals surface area contributed by atoms with Crippen LogP contribution in [0.3, 0.4) is 0 Å². The number of rotatable bonds is 2. The van der Waals surface area contributed by atoms with Gasteiger partial charge < -0.3 is 9.73 Å². The summed E-state index contributed by atoms with van der Waals surface area (Å²) in [7, 11) is 0. The average Bonchev–Trinajstić information content (AvgIpc) is 2.86. The molecule has 0 atom stereocenters. The Hall–Kier alpha value is -2.27. The van der Waals surface area contributed by atoms with Crippen molar-refractivity contribution in [3.63, 3.8) is 0 Å². The first-order chi connectivity index (χ1) is 10.7. The molecule has 0 amide bonds. The fourth-order valence-corrected chi connectivity index (χ4v) is 3.13. The molecule has 1 aliphatic rings. The van der Waals surface area contributed by atoms with Crippen LogP contribution in [0.1, 0.15) is 17.5 Å². The Morgan fingerprint density at radius 3 is 3.14 bits per heavy atom. The number of anilines is 1. The van der Waals surface area contributed by atoms with E-state index in [1.54, 1.807) is 10.9 Å². The van der Waals surface area contributed by atoms with Crippen molar-refractivity contribution in [2.24, 2.45) is 0 Å². The summed E-state index contributed by atoms with van der Waals surface area (Å²) < 4.78 is 7.13. The topological polar surface area (TPSA) is 60.1 Å². The summed E-state index contributed by atoms with van der Waals surface area (Å²) in [5.74, 6) is 0.704. The van der Waals surface area contributed by atoms with Crippen molar-refractivity contribution in [1.82, 2.24) is 9.55 Å². The molecule has 5 nitrogen and oxygen atoms in total. The zero-order chi connectivity index (χ0) is 15.1. The molecule has 6 heteroatoms. The van der Waals surface area contributed by atoms with Gasteiger partial charge in [0.1, 0.15) is 17.7 Å². The van der Waals surface area contributed by atoms with Gasteiger partial charge in [-0.1, -0.05) is 18.2 Å². The summed E-state index contributed by atoms with van der Waals surface area (Å²) in [6.45, 7) is 1.22. The molecule has 0 fully saturated rings. The predicted octanol–water partition coefficient (Wildman–Crippen LogP) is 3.05. The molecule has 0 radical (unpaired) electrons. The molecule has 0 unspecified atom stereocenters. The van der Waals surface area contributed by atoms with E-state index in [1.165, 1.54) is 0 Å². The van der Waals surface area contributed by atoms with Gasteiger partial charge in [0.2, 0.25) is 0 Å². The van der Waals surface area contributed by atoms with E-state index < -0.39 is 0 Å². The molecule has 1 N–H and O–H groups in total. The van der Waals surface area contributed by atoms with E-state index in [-0.39, 0.29) is 5.56 Å². The standard InChI is InChI=1S/C16H14ClN3O2/c17-14-12(10-4-1-2-6-13(10)22-14)8-20-9-19-15-11(16(20)21)5-3-7-18-15/h1-2,4,6,9,18H,3,5,7-8H2. The van der Waals surface area contributed by atoms with E-state index in [9.17, 15) is 4.79 Å². The van der Waals surface area contributed by atoms with Crippen molar-refractivity contribution in [3.05, 3.63) is 57.3 Å². The van der Waals surface area contributed by atoms with Crippen LogP contribution in [0.2, 0.25) is 5.22 Å². The first-order valence-electron chi connectivity index (χ1n) is 7.22. The third-order valence-corrected chi connectivity index (χ3v) is 4.31. The van der Waals surface area contributed by atoms with Crippen LogP contribution < -0.4 is 10.9 Å². The Bertz CT molecular complexity index is 913. The van der Waals surface area contributed by atoms with Gasteiger partial charge in [-0.2, -0.15) is 0 Å². The lowest BCUT2D eigenvalue weighted by Crippen LogP contribution is -2.29. The van der Waals surface area contributed by atoms with E-state index in [0.717, 1.165) is 41.5 Å². The number of benzene rings is 1. The van der Waals surface area contributed by atoms with Crippen molar-refractivity contribution in [2.45, 2.75) is 19.4 Å². The van der Waals surface area contributed by atoms with E-state index >= 15 is 0 Å². The van der Waals surface area contributed by atoms with E-state index in [1.807, 2.05) is 24.3 Å². The number of nitrogens with one attached hydrogen (secondary N) is 1. The minimum Gasteiger partial charge on any atom is -0.444 e. The maximum atomic E-state index is 12.6. The van der Waals surface area contributed by atoms with Crippen LogP contribution in [0.15, 0.2) is 39.8 Å². The molecular weight excluding hydrogens is 302 g/mol. The fraction of sp³-hybridized carbons (Fsp3) is 0.250. The van der Waals surface area contributed by atoms with Gasteiger partial charge >= 0.3 is 0 Å². The Kier molecular flexibility index (Phi) is 3.15. The van der Waals surface area contributed by atoms with Gasteiger partial charge in [-0.25, -0.2) is 4.98 Å². The maximum absolute atomic E-state index is 12.6. The number of para-hydroxylation sites is 1. The van der Waals surface area contributed by atoms with Gasteiger partial charge in [-0.3, -0.25) is 9.36 Å². The summed E-state index contributed by atoms with van der Waals surface area (Å²) in [5.41, 5.74) is 2.27. The smallest absolute Gasteiger partial charge is 0.258 e. The highest BCUT2D eigenvalue weighted by molar-refractivity contribution is 6.30. The number of nitrogens with zero attached hydrogens (tertiary/aromatic N) is 2. The van der Waals surface area contributed by atoms with E-state index in [0.29, 0.717) is 17.6 Å². The molecule has 0 aliphatic carbocycles. The summed E-state index contributed by atoms with van der Waals surface area (Å²) in [5, 5.41) is 4.41. The maximum Gasteiger partial charge on any atom is 0.258 e. The molecule has 0 saturated carbocycles. The van der Waals surface area contributed by atoms with Crippen molar-refractivity contribution >= 4 is 28.4 Å². The first kappa shape index (κ1) is 13.4. The second kappa shape index (κ2) is 5.18. The molecule has 4 rings (SSSR count). The predicted molar refractivity (Wildman–Crippen MR) is 85.6 cm³/mol. The minimum atomic E-state index is -0.0152. The van der Waals surface area contributed by atoms with Crippen LogP contribution in [0, 0.1) is 0 Å². The lowest BCUT2D eigenvalue weighted by Gasteiger charge is -2.17. The van der Waals surface area contributed by atoms with Crippen LogP contribution in [0.25, 0.3) is 11.0 Å². The summed E-state index contributed by atoms with van der Waals surface area (Å²) in [6.07, 6.45) is 3.27. The summed E-state index contributed by atoms with van der Waals surface area (Å²) in [6, 6.07) is 7.63. The molecule has 2 aromatic heterocycles. The molecule has 112 valence electrons. The highest BCUT2D eigenvalue weighted by Crippen LogP contribution is 2.30. The third-order valence-electron chi connectivity index (χ3n) is 4.00. The second-order valence-corrected chi connectivity index (χ2v) is 5.73. The van der Waals surface area contributed by atoms with Crippen LogP contribution >= 0.6 is 11.6 Å². The lowest BCUT2D eigenvalue weighted by molar-refractivity contribution is 0.606. The van der Waals surface area contributed by atoms with Crippen molar-refractivity contribution in [3.8, 4) is 0 Å². The quantitative estimate of drug-likeness (QED) is 0.789. The zero-order valence-electron chi connectivity index (χ0n) is 11.8. The Balaban J connectivity index is 1.80. The first-order valence-corrected chi connectivity index (χ1v) is 7.60. The molecular formula is C16H14ClN3O2. The minimum absolute atomic E-state index is 0.0152. The molecule has 3 aromatic rings. The SMILES string of the molecule is O=c1c2c(ncn1Cc1c(Cl)oc3ccccc13)NCCC2. The Morgan fingerprint density at radius 2 is 2.23 bits per heavy atom. The second-order valence-electron chi connectivity index (χ2n) is 5.39. The van der Waals surface area contributed by atoms with Crippen molar-refractivity contribution < 1.29 is 4.42 Å². The Morgan fingerprint density at radius 1 is 1.36 bits per heavy atom. The van der Waals surface area contributed by atoms with Gasteiger partial charge in [-0.15, -0.1) is 0 Å². The molecule has 1 aromatic carbocycles. The highest BCUT2D eigenvalue weighted by Gasteiger charge is 2.18. The number of aromatic nitrogens is 2. The number of furan rings is 1. The molecule has 3 heterocycles. The van der Waals surface area contributed by atoms with Crippen LogP contribution in [0.5, 0.6) is 0 Å². The average molecular weight is 316 g/mol. The van der Waals surface area contributed by atoms with Crippen molar-refractivity contribution in [2.75, 3.05) is 11.9 Å². The number of fused-ring (bicyclic) bond motifs is 2. The van der Waals surface area contributed by atoms with Gasteiger partial charge in [0.05, 0.1) is 12.1 Å². The molecule has 0 bridgehead atoms. The van der Waals surface area contributed by atoms with Gasteiger partial charge in [-0.05, 0) is 30.5 Å². The fourth-order valence-electron chi connectivity index (χ4n) is 2.88. The summed E-state index contributed by atoms with van der Waals surface area (Å²) in [4.78, 5) is 16.9. The lowest BCUT2D eigenvalue weighted by atomic mass is 10.1. The monoisotopic (exact) mass is 315 g/mol. The van der Waals surface area contributed by atoms with Crippen LogP contribution in [-0.2, 0) is 13.0 Å². The number of hydrogen-bond donors (Lipinski definition) is 1. The molecule has 22 heavy (non-hydrogen) atoms. The molecule has 1 aliphatic heterocycles. The van der Waals surface area contributed by atoms with E-state index in [2.05, 4.69) is 10.3 Å². The van der Waals surface area contributed by atoms with Crippen molar-refractivity contribution in [1.29, 1.82) is 0 Å². The summed E-state index contributed by atoms with van der Waals surface area (Å²) >= 11 is 6.20. The van der Waals surface area contributed by atoms with Crippen LogP contribution in [-0.4, -0.2) is 16.1 Å². The number of hydrogen-bond acceptors (Lipinski definition) is 4. The normalized spacial score (nSPS) is 13.9. The third kappa shape index (κ3) is 2.09. The van der Waals surface area contributed by atoms with Gasteiger partial charge in [0.25, 0.3) is 5.56 Å². The molecule has 0 saturated heterocycles. The highest BCUT2D eigenvalue weighted by atomic mass is 35.5. The zero-order valence-corrected chi connectivity index (χ0v) is 12.6. The van der Waals surface area contributed by atoms with Gasteiger partial charge in [0, 0.05) is 17.5 Å². The largest absolute Gasteiger partial charge is 0.444 e. The van der Waals surface area contributed by atoms with E-state index in [4.69, 9.17) is 16.0 Å². The number of halogens is 1. The van der Waals surface area contributed by atoms with Crippen LogP contribution in [0.4, 0.5) is 5.82 Å². The van der Waals surface area contributed by atoms with Gasteiger partial charge in [0.15, 0.2) is 5.22 Å². The Labute approximate surface area is 131 Å². The molecule has 0 spiro atoms.